The van der Waals surface area contributed by atoms with Gasteiger partial charge in [0.2, 0.25) is 5.91 Å². The van der Waals surface area contributed by atoms with Crippen molar-refractivity contribution < 1.29 is 4.79 Å². The van der Waals surface area contributed by atoms with Crippen LogP contribution in [-0.4, -0.2) is 47.2 Å². The molecule has 2 aromatic rings. The number of carbonyl (C=O) groups is 1. The molecule has 1 aliphatic rings. The number of anilines is 1. The average Bonchev–Trinajstić information content (AvgIpc) is 2.59. The van der Waals surface area contributed by atoms with Crippen LogP contribution in [0.15, 0.2) is 35.3 Å². The van der Waals surface area contributed by atoms with Gasteiger partial charge in [-0.3, -0.25) is 9.59 Å². The van der Waals surface area contributed by atoms with Gasteiger partial charge >= 0.3 is 0 Å². The number of aromatic nitrogens is 2. The maximum atomic E-state index is 12.5. The van der Waals surface area contributed by atoms with E-state index in [-0.39, 0.29) is 10.9 Å². The highest BCUT2D eigenvalue weighted by Gasteiger charge is 2.23. The third-order valence-corrected chi connectivity index (χ3v) is 4.72. The SMILES string of the molecule is Cc1ccccc1CC(=O)N1CCN(c2cn[nH]c(=O)c2Cl)CC1. The van der Waals surface area contributed by atoms with Crippen LogP contribution in [0.4, 0.5) is 5.69 Å². The van der Waals surface area contributed by atoms with Crippen molar-refractivity contribution in [3.05, 3.63) is 57.0 Å². The van der Waals surface area contributed by atoms with Crippen LogP contribution in [0.1, 0.15) is 11.1 Å². The molecule has 6 nitrogen and oxygen atoms in total. The summed E-state index contributed by atoms with van der Waals surface area (Å²) in [6, 6.07) is 7.94. The van der Waals surface area contributed by atoms with E-state index in [1.165, 1.54) is 0 Å². The van der Waals surface area contributed by atoms with E-state index in [4.69, 9.17) is 11.6 Å². The molecule has 1 aromatic carbocycles. The number of amides is 1. The minimum absolute atomic E-state index is 0.124. The zero-order chi connectivity index (χ0) is 17.1. The topological polar surface area (TPSA) is 69.3 Å². The summed E-state index contributed by atoms with van der Waals surface area (Å²) in [5, 5.41) is 6.25. The number of aromatic amines is 1. The number of halogens is 1. The first kappa shape index (κ1) is 16.5. The van der Waals surface area contributed by atoms with Gasteiger partial charge in [0.15, 0.2) is 0 Å². The molecule has 0 bridgehead atoms. The lowest BCUT2D eigenvalue weighted by Crippen LogP contribution is -2.49. The van der Waals surface area contributed by atoms with Crippen LogP contribution in [0.25, 0.3) is 0 Å². The van der Waals surface area contributed by atoms with E-state index in [2.05, 4.69) is 10.2 Å². The van der Waals surface area contributed by atoms with Crippen molar-refractivity contribution in [3.63, 3.8) is 0 Å². The standard InChI is InChI=1S/C17H19ClN4O2/c1-12-4-2-3-5-13(12)10-15(23)22-8-6-21(7-9-22)14-11-19-20-17(24)16(14)18/h2-5,11H,6-10H2,1H3,(H,20,24). The van der Waals surface area contributed by atoms with Crippen molar-refractivity contribution in [2.24, 2.45) is 0 Å². The fourth-order valence-electron chi connectivity index (χ4n) is 2.87. The van der Waals surface area contributed by atoms with Crippen LogP contribution in [0, 0.1) is 6.92 Å². The largest absolute Gasteiger partial charge is 0.365 e. The molecule has 1 N–H and O–H groups in total. The Labute approximate surface area is 145 Å². The second-order valence-corrected chi connectivity index (χ2v) is 6.25. The fraction of sp³-hybridized carbons (Fsp3) is 0.353. The molecule has 0 atom stereocenters. The van der Waals surface area contributed by atoms with Crippen LogP contribution in [0.3, 0.4) is 0 Å². The molecule has 2 heterocycles. The molecular formula is C17H19ClN4O2. The lowest BCUT2D eigenvalue weighted by Gasteiger charge is -2.36. The minimum atomic E-state index is -0.396. The van der Waals surface area contributed by atoms with Crippen LogP contribution < -0.4 is 10.5 Å². The smallest absolute Gasteiger partial charge is 0.285 e. The summed E-state index contributed by atoms with van der Waals surface area (Å²) in [4.78, 5) is 27.9. The van der Waals surface area contributed by atoms with Gasteiger partial charge in [0.25, 0.3) is 5.56 Å². The van der Waals surface area contributed by atoms with E-state index < -0.39 is 5.56 Å². The molecule has 3 rings (SSSR count). The molecule has 0 saturated carbocycles. The quantitative estimate of drug-likeness (QED) is 0.917. The van der Waals surface area contributed by atoms with Crippen molar-refractivity contribution in [3.8, 4) is 0 Å². The number of rotatable bonds is 3. The summed E-state index contributed by atoms with van der Waals surface area (Å²) in [6.45, 7) is 4.49. The third-order valence-electron chi connectivity index (χ3n) is 4.35. The predicted molar refractivity (Wildman–Crippen MR) is 93.5 cm³/mol. The van der Waals surface area contributed by atoms with E-state index in [1.807, 2.05) is 41.0 Å². The summed E-state index contributed by atoms with van der Waals surface area (Å²) in [5.74, 6) is 0.124. The maximum absolute atomic E-state index is 12.5. The van der Waals surface area contributed by atoms with Gasteiger partial charge < -0.3 is 9.80 Å². The molecule has 24 heavy (non-hydrogen) atoms. The Hall–Kier alpha value is -2.34. The second kappa shape index (κ2) is 7.05. The molecule has 0 unspecified atom stereocenters. The zero-order valence-corrected chi connectivity index (χ0v) is 14.2. The second-order valence-electron chi connectivity index (χ2n) is 5.87. The van der Waals surface area contributed by atoms with Gasteiger partial charge in [-0.25, -0.2) is 5.10 Å². The number of benzene rings is 1. The van der Waals surface area contributed by atoms with Gasteiger partial charge in [-0.1, -0.05) is 35.9 Å². The molecule has 1 saturated heterocycles. The Kier molecular flexibility index (Phi) is 4.85. The molecule has 1 aromatic heterocycles. The molecule has 126 valence electrons. The Balaban J connectivity index is 1.63. The summed E-state index contributed by atoms with van der Waals surface area (Å²) in [5.41, 5.74) is 2.41. The van der Waals surface area contributed by atoms with Gasteiger partial charge in [-0.2, -0.15) is 5.10 Å². The van der Waals surface area contributed by atoms with Crippen molar-refractivity contribution in [2.45, 2.75) is 13.3 Å². The van der Waals surface area contributed by atoms with Gasteiger partial charge in [-0.05, 0) is 18.1 Å². The summed E-state index contributed by atoms with van der Waals surface area (Å²) in [7, 11) is 0. The highest BCUT2D eigenvalue weighted by Crippen LogP contribution is 2.22. The van der Waals surface area contributed by atoms with Crippen LogP contribution >= 0.6 is 11.6 Å². The number of aryl methyl sites for hydroxylation is 1. The summed E-state index contributed by atoms with van der Waals surface area (Å²) < 4.78 is 0. The first-order valence-corrected chi connectivity index (χ1v) is 8.24. The monoisotopic (exact) mass is 346 g/mol. The summed E-state index contributed by atoms with van der Waals surface area (Å²) >= 11 is 6.04. The predicted octanol–water partition coefficient (Wildman–Crippen LogP) is 1.62. The van der Waals surface area contributed by atoms with Gasteiger partial charge in [0.05, 0.1) is 18.3 Å². The van der Waals surface area contributed by atoms with E-state index in [0.29, 0.717) is 38.3 Å². The highest BCUT2D eigenvalue weighted by molar-refractivity contribution is 6.33. The lowest BCUT2D eigenvalue weighted by atomic mass is 10.1. The number of piperazine rings is 1. The molecule has 0 aliphatic carbocycles. The zero-order valence-electron chi connectivity index (χ0n) is 13.5. The summed E-state index contributed by atoms with van der Waals surface area (Å²) in [6.07, 6.45) is 1.97. The Morgan fingerprint density at radius 2 is 1.96 bits per heavy atom. The lowest BCUT2D eigenvalue weighted by molar-refractivity contribution is -0.130. The van der Waals surface area contributed by atoms with Crippen molar-refractivity contribution in [1.29, 1.82) is 0 Å². The van der Waals surface area contributed by atoms with Crippen molar-refractivity contribution in [1.82, 2.24) is 15.1 Å². The molecule has 7 heteroatoms. The van der Waals surface area contributed by atoms with E-state index >= 15 is 0 Å². The molecular weight excluding hydrogens is 328 g/mol. The first-order chi connectivity index (χ1) is 11.6. The Bertz CT molecular complexity index is 797. The Morgan fingerprint density at radius 3 is 2.67 bits per heavy atom. The number of nitrogens with one attached hydrogen (secondary N) is 1. The molecule has 1 fully saturated rings. The minimum Gasteiger partial charge on any atom is -0.365 e. The highest BCUT2D eigenvalue weighted by atomic mass is 35.5. The molecule has 0 spiro atoms. The van der Waals surface area contributed by atoms with Crippen molar-refractivity contribution >= 4 is 23.2 Å². The molecule has 0 radical (unpaired) electrons. The third kappa shape index (κ3) is 3.43. The Morgan fingerprint density at radius 1 is 1.25 bits per heavy atom. The normalized spacial score (nSPS) is 14.8. The van der Waals surface area contributed by atoms with E-state index in [9.17, 15) is 9.59 Å². The average molecular weight is 347 g/mol. The molecule has 1 aliphatic heterocycles. The fourth-order valence-corrected chi connectivity index (χ4v) is 3.09. The van der Waals surface area contributed by atoms with Gasteiger partial charge in [0, 0.05) is 26.2 Å². The number of nitrogens with zero attached hydrogens (tertiary/aromatic N) is 3. The van der Waals surface area contributed by atoms with Gasteiger partial charge in [-0.15, -0.1) is 0 Å². The molecule has 1 amide bonds. The van der Waals surface area contributed by atoms with Crippen LogP contribution in [0.5, 0.6) is 0 Å². The van der Waals surface area contributed by atoms with E-state index in [1.54, 1.807) is 6.20 Å². The number of hydrogen-bond donors (Lipinski definition) is 1. The van der Waals surface area contributed by atoms with Gasteiger partial charge in [0.1, 0.15) is 5.02 Å². The maximum Gasteiger partial charge on any atom is 0.285 e. The number of hydrogen-bond acceptors (Lipinski definition) is 4. The van der Waals surface area contributed by atoms with Crippen LogP contribution in [0.2, 0.25) is 5.02 Å². The van der Waals surface area contributed by atoms with E-state index in [0.717, 1.165) is 11.1 Å². The number of H-pyrrole nitrogens is 1. The van der Waals surface area contributed by atoms with Crippen LogP contribution in [-0.2, 0) is 11.2 Å². The van der Waals surface area contributed by atoms with Crippen molar-refractivity contribution in [2.75, 3.05) is 31.1 Å². The number of carbonyl (C=O) groups excluding carboxylic acids is 1. The first-order valence-electron chi connectivity index (χ1n) is 7.86.